The summed E-state index contributed by atoms with van der Waals surface area (Å²) in [7, 11) is 0. The molecule has 6 heteroatoms. The number of aliphatic imine (C=N–C) groups is 1. The Hall–Kier alpha value is -1.02. The molecular weight excluding hydrogens is 427 g/mol. The zero-order valence-electron chi connectivity index (χ0n) is 15.5. The van der Waals surface area contributed by atoms with Crippen LogP contribution in [0.25, 0.3) is 0 Å². The first-order valence-electron chi connectivity index (χ1n) is 9.27. The molecular formula is C19H33IN4O. The number of nitrogens with zero attached hydrogens (tertiary/aromatic N) is 2. The predicted octanol–water partition coefficient (Wildman–Crippen LogP) is 3.33. The topological polar surface area (TPSA) is 59.9 Å². The molecule has 1 atom stereocenters. The van der Waals surface area contributed by atoms with Gasteiger partial charge in [-0.1, -0.05) is 25.5 Å². The molecule has 1 unspecified atom stereocenters. The van der Waals surface area contributed by atoms with E-state index in [2.05, 4.69) is 34.4 Å². The van der Waals surface area contributed by atoms with E-state index in [0.29, 0.717) is 6.54 Å². The Bertz CT molecular complexity index is 524. The van der Waals surface area contributed by atoms with Gasteiger partial charge in [-0.05, 0) is 50.4 Å². The minimum absolute atomic E-state index is 0. The number of benzene rings is 1. The number of hydrogen-bond acceptors (Lipinski definition) is 3. The summed E-state index contributed by atoms with van der Waals surface area (Å²) in [4.78, 5) is 7.22. The molecule has 3 N–H and O–H groups in total. The second-order valence-electron chi connectivity index (χ2n) is 6.39. The molecule has 1 aromatic carbocycles. The molecule has 0 spiro atoms. The summed E-state index contributed by atoms with van der Waals surface area (Å²) in [6.45, 7) is 8.95. The van der Waals surface area contributed by atoms with Crippen LogP contribution >= 0.6 is 24.0 Å². The van der Waals surface area contributed by atoms with Gasteiger partial charge in [0.2, 0.25) is 0 Å². The van der Waals surface area contributed by atoms with E-state index in [0.717, 1.165) is 37.2 Å². The molecule has 0 aromatic heterocycles. The van der Waals surface area contributed by atoms with E-state index in [-0.39, 0.29) is 29.7 Å². The number of rotatable bonds is 7. The van der Waals surface area contributed by atoms with Crippen LogP contribution in [0, 0.1) is 0 Å². The fourth-order valence-corrected chi connectivity index (χ4v) is 3.30. The Morgan fingerprint density at radius 2 is 2.12 bits per heavy atom. The molecule has 1 saturated heterocycles. The molecule has 1 fully saturated rings. The average molecular weight is 460 g/mol. The number of guanidine groups is 1. The van der Waals surface area contributed by atoms with Crippen LogP contribution in [-0.2, 0) is 6.54 Å². The van der Waals surface area contributed by atoms with Crippen molar-refractivity contribution in [2.75, 3.05) is 26.2 Å². The summed E-state index contributed by atoms with van der Waals surface area (Å²) in [6, 6.07) is 8.01. The van der Waals surface area contributed by atoms with Crippen molar-refractivity contribution in [3.05, 3.63) is 29.8 Å². The van der Waals surface area contributed by atoms with E-state index in [1.54, 1.807) is 12.1 Å². The van der Waals surface area contributed by atoms with Gasteiger partial charge in [-0.25, -0.2) is 4.99 Å². The molecule has 2 rings (SSSR count). The Kier molecular flexibility index (Phi) is 10.9. The number of halogens is 1. The molecule has 5 nitrogen and oxygen atoms in total. The standard InChI is InChI=1S/C19H32N4O.HI/c1-3-17-9-5-6-12-23(17)13-11-21-19(20-4-2)22-15-16-8-7-10-18(24)14-16;/h7-8,10,14,17,24H,3-6,9,11-13,15H2,1-2H3,(H2,20,21,22);1H. The van der Waals surface area contributed by atoms with Crippen LogP contribution in [0.5, 0.6) is 5.75 Å². The molecule has 0 amide bonds. The SMILES string of the molecule is CCNC(=NCc1cccc(O)c1)NCCN1CCCCC1CC.I. The lowest BCUT2D eigenvalue weighted by Crippen LogP contribution is -2.45. The number of hydrogen-bond donors (Lipinski definition) is 3. The van der Waals surface area contributed by atoms with Gasteiger partial charge in [-0.15, -0.1) is 24.0 Å². The van der Waals surface area contributed by atoms with Gasteiger partial charge in [0, 0.05) is 25.7 Å². The molecule has 0 aliphatic carbocycles. The minimum atomic E-state index is 0. The lowest BCUT2D eigenvalue weighted by molar-refractivity contribution is 0.147. The first kappa shape index (κ1) is 22.0. The number of likely N-dealkylation sites (tertiary alicyclic amines) is 1. The van der Waals surface area contributed by atoms with E-state index in [1.807, 2.05) is 12.1 Å². The zero-order valence-corrected chi connectivity index (χ0v) is 17.8. The summed E-state index contributed by atoms with van der Waals surface area (Å²) >= 11 is 0. The Morgan fingerprint density at radius 3 is 2.84 bits per heavy atom. The normalized spacial score (nSPS) is 18.5. The zero-order chi connectivity index (χ0) is 17.2. The fraction of sp³-hybridized carbons (Fsp3) is 0.632. The van der Waals surface area contributed by atoms with E-state index in [1.165, 1.54) is 32.2 Å². The van der Waals surface area contributed by atoms with Crippen LogP contribution < -0.4 is 10.6 Å². The van der Waals surface area contributed by atoms with E-state index >= 15 is 0 Å². The predicted molar refractivity (Wildman–Crippen MR) is 116 cm³/mol. The van der Waals surface area contributed by atoms with Crippen molar-refractivity contribution in [1.29, 1.82) is 0 Å². The molecule has 1 heterocycles. The lowest BCUT2D eigenvalue weighted by atomic mass is 10.0. The molecule has 0 radical (unpaired) electrons. The number of phenols is 1. The highest BCUT2D eigenvalue weighted by Gasteiger charge is 2.19. The van der Waals surface area contributed by atoms with Gasteiger partial charge in [-0.3, -0.25) is 4.90 Å². The van der Waals surface area contributed by atoms with Crippen LogP contribution in [0.4, 0.5) is 0 Å². The largest absolute Gasteiger partial charge is 0.508 e. The van der Waals surface area contributed by atoms with Crippen molar-refractivity contribution >= 4 is 29.9 Å². The molecule has 1 aliphatic rings. The summed E-state index contributed by atoms with van der Waals surface area (Å²) < 4.78 is 0. The van der Waals surface area contributed by atoms with Gasteiger partial charge in [0.05, 0.1) is 6.54 Å². The van der Waals surface area contributed by atoms with Crippen LogP contribution in [0.2, 0.25) is 0 Å². The van der Waals surface area contributed by atoms with E-state index < -0.39 is 0 Å². The maximum Gasteiger partial charge on any atom is 0.191 e. The van der Waals surface area contributed by atoms with Gasteiger partial charge < -0.3 is 15.7 Å². The molecule has 0 saturated carbocycles. The molecule has 25 heavy (non-hydrogen) atoms. The first-order chi connectivity index (χ1) is 11.7. The van der Waals surface area contributed by atoms with Crippen molar-refractivity contribution in [1.82, 2.24) is 15.5 Å². The lowest BCUT2D eigenvalue weighted by Gasteiger charge is -2.35. The number of nitrogens with one attached hydrogen (secondary N) is 2. The molecule has 0 bridgehead atoms. The van der Waals surface area contributed by atoms with Crippen LogP contribution in [0.3, 0.4) is 0 Å². The van der Waals surface area contributed by atoms with Crippen molar-refractivity contribution < 1.29 is 5.11 Å². The number of phenolic OH excluding ortho intramolecular Hbond substituents is 1. The second kappa shape index (κ2) is 12.4. The van der Waals surface area contributed by atoms with Gasteiger partial charge in [0.1, 0.15) is 5.75 Å². The summed E-state index contributed by atoms with van der Waals surface area (Å²) in [5, 5.41) is 16.3. The first-order valence-corrected chi connectivity index (χ1v) is 9.27. The quantitative estimate of drug-likeness (QED) is 0.332. The monoisotopic (exact) mass is 460 g/mol. The number of piperidine rings is 1. The Morgan fingerprint density at radius 1 is 1.28 bits per heavy atom. The minimum Gasteiger partial charge on any atom is -0.508 e. The van der Waals surface area contributed by atoms with E-state index in [9.17, 15) is 5.11 Å². The summed E-state index contributed by atoms with van der Waals surface area (Å²) in [6.07, 6.45) is 5.27. The van der Waals surface area contributed by atoms with Crippen molar-refractivity contribution in [2.24, 2.45) is 4.99 Å². The van der Waals surface area contributed by atoms with Crippen molar-refractivity contribution in [2.45, 2.75) is 52.1 Å². The highest BCUT2D eigenvalue weighted by Crippen LogP contribution is 2.18. The molecule has 1 aliphatic heterocycles. The van der Waals surface area contributed by atoms with Crippen LogP contribution in [0.1, 0.15) is 45.1 Å². The van der Waals surface area contributed by atoms with Gasteiger partial charge in [0.25, 0.3) is 0 Å². The second-order valence-corrected chi connectivity index (χ2v) is 6.39. The number of aromatic hydroxyl groups is 1. The van der Waals surface area contributed by atoms with Crippen LogP contribution in [-0.4, -0.2) is 48.2 Å². The maximum absolute atomic E-state index is 9.53. The third-order valence-electron chi connectivity index (χ3n) is 4.59. The van der Waals surface area contributed by atoms with Gasteiger partial charge in [-0.2, -0.15) is 0 Å². The average Bonchev–Trinajstić information content (AvgIpc) is 2.60. The van der Waals surface area contributed by atoms with Crippen molar-refractivity contribution in [3.63, 3.8) is 0 Å². The fourth-order valence-electron chi connectivity index (χ4n) is 3.30. The van der Waals surface area contributed by atoms with E-state index in [4.69, 9.17) is 0 Å². The summed E-state index contributed by atoms with van der Waals surface area (Å²) in [5.41, 5.74) is 1.01. The third-order valence-corrected chi connectivity index (χ3v) is 4.59. The summed E-state index contributed by atoms with van der Waals surface area (Å²) in [5.74, 6) is 1.13. The molecule has 142 valence electrons. The Balaban J connectivity index is 0.00000312. The van der Waals surface area contributed by atoms with Crippen LogP contribution in [0.15, 0.2) is 29.3 Å². The van der Waals surface area contributed by atoms with Gasteiger partial charge >= 0.3 is 0 Å². The molecule has 1 aromatic rings. The van der Waals surface area contributed by atoms with Crippen molar-refractivity contribution in [3.8, 4) is 5.75 Å². The maximum atomic E-state index is 9.53. The van der Waals surface area contributed by atoms with Gasteiger partial charge in [0.15, 0.2) is 5.96 Å². The third kappa shape index (κ3) is 7.81. The highest BCUT2D eigenvalue weighted by atomic mass is 127. The highest BCUT2D eigenvalue weighted by molar-refractivity contribution is 14.0. The Labute approximate surface area is 169 Å². The smallest absolute Gasteiger partial charge is 0.191 e.